The van der Waals surface area contributed by atoms with Crippen LogP contribution < -0.4 is 10.1 Å². The first kappa shape index (κ1) is 21.4. The van der Waals surface area contributed by atoms with Gasteiger partial charge in [0, 0.05) is 17.1 Å². The third-order valence-corrected chi connectivity index (χ3v) is 5.96. The molecule has 7 nitrogen and oxygen atoms in total. The minimum atomic E-state index is -0.477. The fraction of sp³-hybridized carbons (Fsp3) is 0.636. The fourth-order valence-electron chi connectivity index (χ4n) is 4.02. The maximum atomic E-state index is 11.9. The second kappa shape index (κ2) is 8.75. The molecule has 164 valence electrons. The van der Waals surface area contributed by atoms with Crippen molar-refractivity contribution in [2.45, 2.75) is 70.7 Å². The highest BCUT2D eigenvalue weighted by molar-refractivity contribution is 9.10. The summed E-state index contributed by atoms with van der Waals surface area (Å²) in [5, 5.41) is 8.51. The molecule has 8 heteroatoms. The average molecular weight is 480 g/mol. The third-order valence-electron chi connectivity index (χ3n) is 5.50. The number of nitrogens with one attached hydrogen (secondary N) is 1. The van der Waals surface area contributed by atoms with Gasteiger partial charge in [0.25, 0.3) is 0 Å². The molecule has 0 spiro atoms. The first-order valence-corrected chi connectivity index (χ1v) is 11.5. The minimum absolute atomic E-state index is 0.00952. The van der Waals surface area contributed by atoms with Crippen LogP contribution in [-0.4, -0.2) is 40.7 Å². The predicted molar refractivity (Wildman–Crippen MR) is 118 cm³/mol. The second-order valence-electron chi connectivity index (χ2n) is 9.24. The lowest BCUT2D eigenvalue weighted by atomic mass is 9.81. The fourth-order valence-corrected chi connectivity index (χ4v) is 4.44. The quantitative estimate of drug-likeness (QED) is 0.639. The summed E-state index contributed by atoms with van der Waals surface area (Å²) < 4.78 is 20.3. The molecule has 1 saturated heterocycles. The molecule has 30 heavy (non-hydrogen) atoms. The molecular formula is C22H30BrN3O4. The molecule has 1 aliphatic heterocycles. The van der Waals surface area contributed by atoms with Gasteiger partial charge in [-0.2, -0.15) is 5.10 Å². The van der Waals surface area contributed by atoms with Crippen LogP contribution in [0.2, 0.25) is 0 Å². The van der Waals surface area contributed by atoms with Crippen molar-refractivity contribution in [2.75, 3.05) is 13.2 Å². The smallest absolute Gasteiger partial charge is 0.407 e. The van der Waals surface area contributed by atoms with E-state index < -0.39 is 5.60 Å². The number of hydrogen-bond acceptors (Lipinski definition) is 5. The van der Waals surface area contributed by atoms with Crippen molar-refractivity contribution in [1.82, 2.24) is 15.1 Å². The van der Waals surface area contributed by atoms with Crippen LogP contribution in [0.5, 0.6) is 5.75 Å². The van der Waals surface area contributed by atoms with Gasteiger partial charge in [-0.25, -0.2) is 9.48 Å². The number of nitrogens with zero attached hydrogens (tertiary/aromatic N) is 2. The molecule has 4 rings (SSSR count). The van der Waals surface area contributed by atoms with E-state index in [1.807, 2.05) is 37.7 Å². The van der Waals surface area contributed by atoms with E-state index in [1.165, 1.54) is 0 Å². The molecule has 1 saturated carbocycles. The lowest BCUT2D eigenvalue weighted by Gasteiger charge is -2.36. The number of carbonyl (C=O) groups is 1. The zero-order valence-electron chi connectivity index (χ0n) is 17.8. The molecule has 1 atom stereocenters. The van der Waals surface area contributed by atoms with Crippen molar-refractivity contribution in [1.29, 1.82) is 0 Å². The summed E-state index contributed by atoms with van der Waals surface area (Å²) in [5.41, 5.74) is 0.541. The molecule has 2 heterocycles. The number of alkyl carbamates (subject to hydrolysis) is 1. The first-order chi connectivity index (χ1) is 14.3. The Hall–Kier alpha value is -1.80. The zero-order valence-corrected chi connectivity index (χ0v) is 19.4. The van der Waals surface area contributed by atoms with E-state index in [9.17, 15) is 4.79 Å². The van der Waals surface area contributed by atoms with Crippen LogP contribution in [0.25, 0.3) is 10.9 Å². The normalized spacial score (nSPS) is 24.3. The van der Waals surface area contributed by atoms with Crippen LogP contribution in [0.3, 0.4) is 0 Å². The summed E-state index contributed by atoms with van der Waals surface area (Å²) in [5.74, 6) is 1.24. The van der Waals surface area contributed by atoms with Gasteiger partial charge in [0.2, 0.25) is 0 Å². The summed E-state index contributed by atoms with van der Waals surface area (Å²) in [6.45, 7) is 6.99. The summed E-state index contributed by atoms with van der Waals surface area (Å²) in [6, 6.07) is 4.21. The Morgan fingerprint density at radius 3 is 2.83 bits per heavy atom. The summed E-state index contributed by atoms with van der Waals surface area (Å²) in [4.78, 5) is 11.9. The maximum absolute atomic E-state index is 11.9. The Morgan fingerprint density at radius 1 is 1.33 bits per heavy atom. The van der Waals surface area contributed by atoms with Gasteiger partial charge < -0.3 is 19.5 Å². The van der Waals surface area contributed by atoms with Crippen molar-refractivity contribution in [3.05, 3.63) is 22.8 Å². The largest absolute Gasteiger partial charge is 0.492 e. The molecule has 0 radical (unpaired) electrons. The van der Waals surface area contributed by atoms with Crippen LogP contribution in [0.4, 0.5) is 4.79 Å². The number of amides is 1. The standard InChI is InChI=1S/C22H30BrN3O4/c1-22(2,3)30-21(27)25-16-8-14(9-16)13-29-19-11-15(23)10-18-17(19)12-24-26(18)20-6-4-5-7-28-20/h10-12,14,16,20H,4-9,13H2,1-3H3,(H,25,27)/t14-,16-,20?. The van der Waals surface area contributed by atoms with Gasteiger partial charge >= 0.3 is 6.09 Å². The molecule has 1 aliphatic carbocycles. The number of aromatic nitrogens is 2. The highest BCUT2D eigenvalue weighted by Gasteiger charge is 2.32. The topological polar surface area (TPSA) is 74.6 Å². The molecule has 1 unspecified atom stereocenters. The number of carbonyl (C=O) groups excluding carboxylic acids is 1. The molecule has 1 amide bonds. The van der Waals surface area contributed by atoms with Crippen LogP contribution in [0.15, 0.2) is 22.8 Å². The molecular weight excluding hydrogens is 450 g/mol. The molecule has 2 aliphatic rings. The van der Waals surface area contributed by atoms with Gasteiger partial charge in [-0.05, 0) is 70.9 Å². The van der Waals surface area contributed by atoms with Crippen molar-refractivity contribution in [2.24, 2.45) is 5.92 Å². The maximum Gasteiger partial charge on any atom is 0.407 e. The predicted octanol–water partition coefficient (Wildman–Crippen LogP) is 5.18. The number of benzene rings is 1. The third kappa shape index (κ3) is 5.09. The van der Waals surface area contributed by atoms with Crippen molar-refractivity contribution in [3.63, 3.8) is 0 Å². The Bertz CT molecular complexity index is 896. The number of ether oxygens (including phenoxy) is 3. The van der Waals surface area contributed by atoms with Gasteiger partial charge in [0.15, 0.2) is 6.23 Å². The SMILES string of the molecule is CC(C)(C)OC(=O)N[C@H]1C[C@H](COc2cc(Br)cc3c2cnn3C2CCCCO2)C1. The van der Waals surface area contributed by atoms with E-state index in [1.54, 1.807) is 0 Å². The Morgan fingerprint density at radius 2 is 2.13 bits per heavy atom. The Labute approximate surface area is 185 Å². The summed E-state index contributed by atoms with van der Waals surface area (Å²) >= 11 is 3.60. The molecule has 1 aromatic heterocycles. The zero-order chi connectivity index (χ0) is 21.3. The van der Waals surface area contributed by atoms with Crippen LogP contribution in [0, 0.1) is 5.92 Å². The van der Waals surface area contributed by atoms with Crippen LogP contribution >= 0.6 is 15.9 Å². The molecule has 0 bridgehead atoms. The van der Waals surface area contributed by atoms with Crippen molar-refractivity contribution in [3.8, 4) is 5.75 Å². The summed E-state index contributed by atoms with van der Waals surface area (Å²) in [6.07, 6.45) is 6.54. The number of fused-ring (bicyclic) bond motifs is 1. The lowest BCUT2D eigenvalue weighted by molar-refractivity contribution is -0.0366. The molecule has 2 fully saturated rings. The van der Waals surface area contributed by atoms with E-state index in [2.05, 4.69) is 32.4 Å². The van der Waals surface area contributed by atoms with Crippen LogP contribution in [-0.2, 0) is 9.47 Å². The highest BCUT2D eigenvalue weighted by atomic mass is 79.9. The van der Waals surface area contributed by atoms with E-state index in [4.69, 9.17) is 14.2 Å². The monoisotopic (exact) mass is 479 g/mol. The van der Waals surface area contributed by atoms with Gasteiger partial charge in [-0.3, -0.25) is 0 Å². The van der Waals surface area contributed by atoms with Crippen molar-refractivity contribution >= 4 is 32.9 Å². The van der Waals surface area contributed by atoms with Gasteiger partial charge in [-0.15, -0.1) is 0 Å². The lowest BCUT2D eigenvalue weighted by Crippen LogP contribution is -2.47. The second-order valence-corrected chi connectivity index (χ2v) is 10.2. The van der Waals surface area contributed by atoms with Crippen molar-refractivity contribution < 1.29 is 19.0 Å². The van der Waals surface area contributed by atoms with Gasteiger partial charge in [0.05, 0.1) is 23.7 Å². The average Bonchev–Trinajstić information content (AvgIpc) is 3.06. The van der Waals surface area contributed by atoms with E-state index in [0.29, 0.717) is 12.5 Å². The van der Waals surface area contributed by atoms with Crippen LogP contribution in [0.1, 0.15) is 59.1 Å². The Balaban J connectivity index is 1.34. The van der Waals surface area contributed by atoms with Gasteiger partial charge in [0.1, 0.15) is 11.4 Å². The number of rotatable bonds is 5. The number of hydrogen-bond donors (Lipinski definition) is 1. The number of halogens is 1. The minimum Gasteiger partial charge on any atom is -0.492 e. The van der Waals surface area contributed by atoms with E-state index in [0.717, 1.165) is 59.8 Å². The van der Waals surface area contributed by atoms with Gasteiger partial charge in [-0.1, -0.05) is 15.9 Å². The molecule has 1 N–H and O–H groups in total. The summed E-state index contributed by atoms with van der Waals surface area (Å²) in [7, 11) is 0. The first-order valence-electron chi connectivity index (χ1n) is 10.7. The Kier molecular flexibility index (Phi) is 6.25. The van der Waals surface area contributed by atoms with E-state index >= 15 is 0 Å². The molecule has 1 aromatic carbocycles. The highest BCUT2D eigenvalue weighted by Crippen LogP contribution is 2.35. The molecule has 2 aromatic rings. The van der Waals surface area contributed by atoms with E-state index in [-0.39, 0.29) is 18.4 Å².